The molecule has 1 unspecified atom stereocenters. The van der Waals surface area contributed by atoms with Gasteiger partial charge in [0.05, 0.1) is 5.60 Å². The van der Waals surface area contributed by atoms with E-state index in [2.05, 4.69) is 31.0 Å². The minimum Gasteiger partial charge on any atom is -0.389 e. The highest BCUT2D eigenvalue weighted by molar-refractivity contribution is 4.83. The number of β-amino-alcohol motifs (C(OH)–C–C–N with tert-alkyl or cyclic N) is 1. The monoisotopic (exact) mass is 256 g/mol. The summed E-state index contributed by atoms with van der Waals surface area (Å²) in [6.45, 7) is 13.8. The van der Waals surface area contributed by atoms with E-state index < -0.39 is 5.60 Å². The number of piperidine rings is 1. The first-order chi connectivity index (χ1) is 8.45. The fraction of sp³-hybridized carbons (Fsp3) is 1.00. The summed E-state index contributed by atoms with van der Waals surface area (Å²) in [6, 6.07) is 0. The van der Waals surface area contributed by atoms with Gasteiger partial charge in [0.2, 0.25) is 0 Å². The minimum absolute atomic E-state index is 0.321. The van der Waals surface area contributed by atoms with Gasteiger partial charge in [-0.2, -0.15) is 0 Å². The van der Waals surface area contributed by atoms with E-state index in [0.29, 0.717) is 5.92 Å². The zero-order chi connectivity index (χ0) is 13.6. The first-order valence-electron chi connectivity index (χ1n) is 7.61. The average Bonchev–Trinajstić information content (AvgIpc) is 2.31. The standard InChI is InChI=1S/C15H32N2O/c1-5-8-16-11-14-6-9-17(10-7-14)12-15(4,18)13(2)3/h13-14,16,18H,5-12H2,1-4H3. The van der Waals surface area contributed by atoms with Crippen molar-refractivity contribution in [2.45, 2.75) is 52.6 Å². The number of aliphatic hydroxyl groups is 1. The van der Waals surface area contributed by atoms with Gasteiger partial charge in [-0.05, 0) is 64.2 Å². The van der Waals surface area contributed by atoms with Crippen LogP contribution >= 0.6 is 0 Å². The van der Waals surface area contributed by atoms with Crippen LogP contribution in [0.15, 0.2) is 0 Å². The molecule has 0 spiro atoms. The highest BCUT2D eigenvalue weighted by Crippen LogP contribution is 2.22. The summed E-state index contributed by atoms with van der Waals surface area (Å²) >= 11 is 0. The largest absolute Gasteiger partial charge is 0.389 e. The molecule has 1 aliphatic rings. The maximum absolute atomic E-state index is 10.3. The lowest BCUT2D eigenvalue weighted by molar-refractivity contribution is -0.0257. The van der Waals surface area contributed by atoms with Crippen molar-refractivity contribution in [3.05, 3.63) is 0 Å². The summed E-state index contributed by atoms with van der Waals surface area (Å²) < 4.78 is 0. The van der Waals surface area contributed by atoms with E-state index in [1.54, 1.807) is 0 Å². The molecule has 0 saturated carbocycles. The van der Waals surface area contributed by atoms with Crippen LogP contribution in [0.25, 0.3) is 0 Å². The molecule has 3 heteroatoms. The van der Waals surface area contributed by atoms with Crippen LogP contribution in [0.2, 0.25) is 0 Å². The highest BCUT2D eigenvalue weighted by atomic mass is 16.3. The van der Waals surface area contributed by atoms with Gasteiger partial charge in [0, 0.05) is 6.54 Å². The van der Waals surface area contributed by atoms with Gasteiger partial charge in [-0.3, -0.25) is 0 Å². The van der Waals surface area contributed by atoms with E-state index >= 15 is 0 Å². The quantitative estimate of drug-likeness (QED) is 0.685. The van der Waals surface area contributed by atoms with E-state index in [1.807, 2.05) is 6.92 Å². The van der Waals surface area contributed by atoms with Gasteiger partial charge in [-0.15, -0.1) is 0 Å². The summed E-state index contributed by atoms with van der Waals surface area (Å²) in [5.74, 6) is 1.15. The van der Waals surface area contributed by atoms with Crippen LogP contribution in [-0.4, -0.2) is 48.3 Å². The van der Waals surface area contributed by atoms with Gasteiger partial charge < -0.3 is 15.3 Å². The molecule has 2 N–H and O–H groups in total. The lowest BCUT2D eigenvalue weighted by Crippen LogP contribution is -2.48. The maximum atomic E-state index is 10.3. The molecule has 1 aliphatic heterocycles. The Bertz CT molecular complexity index is 221. The minimum atomic E-state index is -0.548. The Labute approximate surface area is 113 Å². The lowest BCUT2D eigenvalue weighted by Gasteiger charge is -2.38. The summed E-state index contributed by atoms with van der Waals surface area (Å²) in [6.07, 6.45) is 3.76. The molecule has 3 nitrogen and oxygen atoms in total. The van der Waals surface area contributed by atoms with Gasteiger partial charge in [0.25, 0.3) is 0 Å². The number of hydrogen-bond donors (Lipinski definition) is 2. The van der Waals surface area contributed by atoms with Crippen LogP contribution in [0.5, 0.6) is 0 Å². The molecule has 0 radical (unpaired) electrons. The zero-order valence-electron chi connectivity index (χ0n) is 12.7. The van der Waals surface area contributed by atoms with Crippen molar-refractivity contribution >= 4 is 0 Å². The van der Waals surface area contributed by atoms with Crippen LogP contribution in [0.1, 0.15) is 47.0 Å². The fourth-order valence-corrected chi connectivity index (χ4v) is 2.47. The predicted octanol–water partition coefficient (Wildman–Crippen LogP) is 2.10. The predicted molar refractivity (Wildman–Crippen MR) is 77.8 cm³/mol. The molecule has 0 aliphatic carbocycles. The van der Waals surface area contributed by atoms with E-state index in [9.17, 15) is 5.11 Å². The van der Waals surface area contributed by atoms with E-state index in [1.165, 1.54) is 25.8 Å². The second-order valence-electron chi connectivity index (χ2n) is 6.44. The molecule has 1 saturated heterocycles. The van der Waals surface area contributed by atoms with Crippen molar-refractivity contribution in [1.29, 1.82) is 0 Å². The van der Waals surface area contributed by atoms with E-state index in [0.717, 1.165) is 32.1 Å². The molecule has 0 bridgehead atoms. The molecule has 0 aromatic heterocycles. The van der Waals surface area contributed by atoms with Gasteiger partial charge in [-0.1, -0.05) is 20.8 Å². The number of likely N-dealkylation sites (tertiary alicyclic amines) is 1. The third-order valence-electron chi connectivity index (χ3n) is 4.35. The van der Waals surface area contributed by atoms with Crippen LogP contribution in [0.4, 0.5) is 0 Å². The third-order valence-corrected chi connectivity index (χ3v) is 4.35. The topological polar surface area (TPSA) is 35.5 Å². The Morgan fingerprint density at radius 2 is 1.94 bits per heavy atom. The lowest BCUT2D eigenvalue weighted by atomic mass is 9.90. The molecule has 0 aromatic rings. The second-order valence-corrected chi connectivity index (χ2v) is 6.44. The van der Waals surface area contributed by atoms with Crippen molar-refractivity contribution in [1.82, 2.24) is 10.2 Å². The molecular weight excluding hydrogens is 224 g/mol. The first kappa shape index (κ1) is 15.9. The molecular formula is C15H32N2O. The van der Waals surface area contributed by atoms with E-state index in [-0.39, 0.29) is 0 Å². The molecule has 1 fully saturated rings. The average molecular weight is 256 g/mol. The van der Waals surface area contributed by atoms with Crippen molar-refractivity contribution in [3.8, 4) is 0 Å². The van der Waals surface area contributed by atoms with Crippen LogP contribution in [0.3, 0.4) is 0 Å². The fourth-order valence-electron chi connectivity index (χ4n) is 2.47. The van der Waals surface area contributed by atoms with Gasteiger partial charge in [0.15, 0.2) is 0 Å². The summed E-state index contributed by atoms with van der Waals surface area (Å²) in [4.78, 5) is 2.43. The Morgan fingerprint density at radius 1 is 1.33 bits per heavy atom. The molecule has 0 aromatic carbocycles. The summed E-state index contributed by atoms with van der Waals surface area (Å²) in [7, 11) is 0. The Kier molecular flexibility index (Phi) is 6.61. The molecule has 18 heavy (non-hydrogen) atoms. The molecule has 108 valence electrons. The third kappa shape index (κ3) is 5.25. The van der Waals surface area contributed by atoms with Crippen LogP contribution < -0.4 is 5.32 Å². The summed E-state index contributed by atoms with van der Waals surface area (Å²) in [5, 5.41) is 13.8. The smallest absolute Gasteiger partial charge is 0.0768 e. The molecule has 0 amide bonds. The number of rotatable bonds is 7. The van der Waals surface area contributed by atoms with Crippen molar-refractivity contribution in [3.63, 3.8) is 0 Å². The van der Waals surface area contributed by atoms with Crippen LogP contribution in [-0.2, 0) is 0 Å². The molecule has 1 heterocycles. The highest BCUT2D eigenvalue weighted by Gasteiger charge is 2.29. The van der Waals surface area contributed by atoms with Gasteiger partial charge >= 0.3 is 0 Å². The number of nitrogens with zero attached hydrogens (tertiary/aromatic N) is 1. The summed E-state index contributed by atoms with van der Waals surface area (Å²) in [5.41, 5.74) is -0.548. The van der Waals surface area contributed by atoms with Crippen molar-refractivity contribution in [2.75, 3.05) is 32.7 Å². The Balaban J connectivity index is 2.23. The second kappa shape index (κ2) is 7.46. The van der Waals surface area contributed by atoms with Crippen molar-refractivity contribution < 1.29 is 5.11 Å². The Morgan fingerprint density at radius 3 is 2.44 bits per heavy atom. The molecule has 1 rings (SSSR count). The van der Waals surface area contributed by atoms with Crippen molar-refractivity contribution in [2.24, 2.45) is 11.8 Å². The van der Waals surface area contributed by atoms with Gasteiger partial charge in [-0.25, -0.2) is 0 Å². The van der Waals surface area contributed by atoms with E-state index in [4.69, 9.17) is 0 Å². The number of nitrogens with one attached hydrogen (secondary N) is 1. The van der Waals surface area contributed by atoms with Gasteiger partial charge in [0.1, 0.15) is 0 Å². The normalized spacial score (nSPS) is 22.3. The molecule has 1 atom stereocenters. The number of hydrogen-bond acceptors (Lipinski definition) is 3. The van der Waals surface area contributed by atoms with Crippen LogP contribution in [0, 0.1) is 11.8 Å². The first-order valence-corrected chi connectivity index (χ1v) is 7.61. The maximum Gasteiger partial charge on any atom is 0.0768 e. The SMILES string of the molecule is CCCNCC1CCN(CC(C)(O)C(C)C)CC1. The Hall–Kier alpha value is -0.120. The zero-order valence-corrected chi connectivity index (χ0v) is 12.7.